The van der Waals surface area contributed by atoms with E-state index in [4.69, 9.17) is 9.88 Å². The fourth-order valence-corrected chi connectivity index (χ4v) is 3.86. The van der Waals surface area contributed by atoms with E-state index in [0.29, 0.717) is 17.0 Å². The first kappa shape index (κ1) is 23.8. The third-order valence-corrected chi connectivity index (χ3v) is 5.67. The maximum absolute atomic E-state index is 11.0. The Hall–Kier alpha value is -1.90. The van der Waals surface area contributed by atoms with E-state index in [1.807, 2.05) is 0 Å². The number of hydrogen-bond acceptors (Lipinski definition) is 10. The molecule has 1 fully saturated rings. The number of fused-ring (bicyclic) bond motifs is 1. The Labute approximate surface area is 181 Å². The molecule has 0 amide bonds. The van der Waals surface area contributed by atoms with Crippen LogP contribution < -0.4 is 10.0 Å². The smallest absolute Gasteiger partial charge is 0.333 e. The molecule has 31 heavy (non-hydrogen) atoms. The highest BCUT2D eigenvalue weighted by molar-refractivity contribution is 7.84. The molecule has 4 N–H and O–H groups in total. The summed E-state index contributed by atoms with van der Waals surface area (Å²) in [6, 6.07) is 0. The Bertz CT molecular complexity index is 962. The summed E-state index contributed by atoms with van der Waals surface area (Å²) < 4.78 is 33.7. The van der Waals surface area contributed by atoms with Gasteiger partial charge >= 0.3 is 10.3 Å². The van der Waals surface area contributed by atoms with Crippen LogP contribution in [0.2, 0.25) is 0 Å². The average Bonchev–Trinajstić information content (AvgIpc) is 3.28. The highest BCUT2D eigenvalue weighted by atomic mass is 32.2. The maximum atomic E-state index is 11.0. The van der Waals surface area contributed by atoms with E-state index in [2.05, 4.69) is 37.9 Å². The van der Waals surface area contributed by atoms with Gasteiger partial charge < -0.3 is 19.8 Å². The van der Waals surface area contributed by atoms with Crippen LogP contribution in [0.25, 0.3) is 11.2 Å². The Morgan fingerprint density at radius 1 is 1.16 bits per heavy atom. The molecular formula is C18H30N6O6S. The third-order valence-electron chi connectivity index (χ3n) is 5.21. The summed E-state index contributed by atoms with van der Waals surface area (Å²) in [5.41, 5.74) is 0.997. The maximum Gasteiger partial charge on any atom is 0.333 e. The van der Waals surface area contributed by atoms with Gasteiger partial charge in [0.2, 0.25) is 0 Å². The minimum Gasteiger partial charge on any atom is -0.387 e. The molecule has 0 spiro atoms. The number of aliphatic hydroxyl groups is 2. The lowest BCUT2D eigenvalue weighted by molar-refractivity contribution is -0.0467. The van der Waals surface area contributed by atoms with Crippen molar-refractivity contribution in [1.29, 1.82) is 0 Å². The lowest BCUT2D eigenvalue weighted by Gasteiger charge is -2.23. The molecule has 3 heterocycles. The number of nitrogens with zero attached hydrogens (tertiary/aromatic N) is 5. The van der Waals surface area contributed by atoms with Gasteiger partial charge in [0.1, 0.15) is 24.6 Å². The van der Waals surface area contributed by atoms with Gasteiger partial charge in [-0.15, -0.1) is 0 Å². The van der Waals surface area contributed by atoms with Gasteiger partial charge in [0.15, 0.2) is 23.2 Å². The lowest BCUT2D eigenvalue weighted by atomic mass is 10.1. The molecule has 1 aliphatic rings. The second kappa shape index (κ2) is 10.1. The van der Waals surface area contributed by atoms with Crippen molar-refractivity contribution in [2.75, 3.05) is 24.6 Å². The standard InChI is InChI=1S/C18H30N6O6S/c1-3-5-7-23(8-6-4-2)16-13-17(21-10-20-16)24(11-22-13)18-15(26)14(25)12(30-18)9-29-31(19,27)28/h10-12,14-15,18,25-26H,3-9H2,1-2H3,(H2,19,27,28)/t12-,14-,15-,18-/m1/s1. The van der Waals surface area contributed by atoms with Crippen molar-refractivity contribution in [2.24, 2.45) is 5.14 Å². The van der Waals surface area contributed by atoms with Crippen molar-refractivity contribution < 1.29 is 27.6 Å². The van der Waals surface area contributed by atoms with Gasteiger partial charge in [-0.05, 0) is 12.8 Å². The Kier molecular flexibility index (Phi) is 7.78. The number of anilines is 1. The van der Waals surface area contributed by atoms with E-state index in [-0.39, 0.29) is 0 Å². The molecule has 1 aliphatic heterocycles. The number of unbranched alkanes of at least 4 members (excludes halogenated alkanes) is 2. The van der Waals surface area contributed by atoms with Gasteiger partial charge in [0, 0.05) is 13.1 Å². The second-order valence-corrected chi connectivity index (χ2v) is 8.76. The summed E-state index contributed by atoms with van der Waals surface area (Å²) in [6.45, 7) is 5.40. The van der Waals surface area contributed by atoms with Gasteiger partial charge in [0.05, 0.1) is 12.9 Å². The van der Waals surface area contributed by atoms with E-state index in [1.54, 1.807) is 0 Å². The summed E-state index contributed by atoms with van der Waals surface area (Å²) in [4.78, 5) is 15.4. The molecular weight excluding hydrogens is 428 g/mol. The predicted molar refractivity (Wildman–Crippen MR) is 112 cm³/mol. The van der Waals surface area contributed by atoms with Crippen LogP contribution in [0.4, 0.5) is 5.82 Å². The van der Waals surface area contributed by atoms with Crippen LogP contribution in [-0.4, -0.2) is 76.2 Å². The number of aromatic nitrogens is 4. The summed E-state index contributed by atoms with van der Waals surface area (Å²) in [6.07, 6.45) is 2.16. The molecule has 2 aromatic rings. The lowest BCUT2D eigenvalue weighted by Crippen LogP contribution is -2.35. The fourth-order valence-electron chi connectivity index (χ4n) is 3.54. The molecule has 0 bridgehead atoms. The van der Waals surface area contributed by atoms with Gasteiger partial charge in [-0.1, -0.05) is 26.7 Å². The summed E-state index contributed by atoms with van der Waals surface area (Å²) >= 11 is 0. The van der Waals surface area contributed by atoms with Crippen molar-refractivity contribution in [3.05, 3.63) is 12.7 Å². The van der Waals surface area contributed by atoms with E-state index < -0.39 is 41.5 Å². The fraction of sp³-hybridized carbons (Fsp3) is 0.722. The zero-order chi connectivity index (χ0) is 22.6. The first-order chi connectivity index (χ1) is 14.8. The van der Waals surface area contributed by atoms with Crippen molar-refractivity contribution in [1.82, 2.24) is 19.5 Å². The van der Waals surface area contributed by atoms with Crippen LogP contribution in [0, 0.1) is 0 Å². The molecule has 1 saturated heterocycles. The molecule has 0 aliphatic carbocycles. The van der Waals surface area contributed by atoms with Crippen molar-refractivity contribution in [3.8, 4) is 0 Å². The quantitative estimate of drug-likeness (QED) is 0.419. The first-order valence-corrected chi connectivity index (χ1v) is 11.8. The first-order valence-electron chi connectivity index (χ1n) is 10.4. The number of imidazole rings is 1. The molecule has 2 aromatic heterocycles. The van der Waals surface area contributed by atoms with Crippen LogP contribution in [0.5, 0.6) is 0 Å². The average molecular weight is 459 g/mol. The van der Waals surface area contributed by atoms with Crippen molar-refractivity contribution >= 4 is 27.3 Å². The molecule has 12 nitrogen and oxygen atoms in total. The molecule has 174 valence electrons. The van der Waals surface area contributed by atoms with E-state index >= 15 is 0 Å². The summed E-state index contributed by atoms with van der Waals surface area (Å²) in [5, 5.41) is 25.6. The topological polar surface area (TPSA) is 166 Å². The van der Waals surface area contributed by atoms with Crippen LogP contribution >= 0.6 is 0 Å². The molecule has 0 saturated carbocycles. The number of nitrogens with two attached hydrogens (primary N) is 1. The van der Waals surface area contributed by atoms with Gasteiger partial charge in [-0.25, -0.2) is 20.1 Å². The third kappa shape index (κ3) is 5.48. The zero-order valence-electron chi connectivity index (χ0n) is 17.7. The zero-order valence-corrected chi connectivity index (χ0v) is 18.5. The summed E-state index contributed by atoms with van der Waals surface area (Å²) in [7, 11) is -4.21. The molecule has 13 heteroatoms. The van der Waals surface area contributed by atoms with Crippen LogP contribution in [0.3, 0.4) is 0 Å². The number of aliphatic hydroxyl groups excluding tert-OH is 2. The Morgan fingerprint density at radius 3 is 2.45 bits per heavy atom. The van der Waals surface area contributed by atoms with E-state index in [9.17, 15) is 18.6 Å². The van der Waals surface area contributed by atoms with E-state index in [1.165, 1.54) is 17.2 Å². The number of ether oxygens (including phenoxy) is 1. The molecule has 4 atom stereocenters. The monoisotopic (exact) mass is 458 g/mol. The highest BCUT2D eigenvalue weighted by Gasteiger charge is 2.45. The van der Waals surface area contributed by atoms with Crippen LogP contribution in [0.15, 0.2) is 12.7 Å². The predicted octanol–water partition coefficient (Wildman–Crippen LogP) is 0.0722. The normalized spacial score (nSPS) is 24.2. The number of rotatable bonds is 11. The van der Waals surface area contributed by atoms with Gasteiger partial charge in [-0.3, -0.25) is 8.75 Å². The van der Waals surface area contributed by atoms with Crippen LogP contribution in [-0.2, 0) is 19.2 Å². The number of hydrogen-bond donors (Lipinski definition) is 3. The van der Waals surface area contributed by atoms with Crippen LogP contribution in [0.1, 0.15) is 45.8 Å². The van der Waals surface area contributed by atoms with Crippen molar-refractivity contribution in [3.63, 3.8) is 0 Å². The minimum absolute atomic E-state index is 0.437. The summed E-state index contributed by atoms with van der Waals surface area (Å²) in [5.74, 6) is 0.702. The largest absolute Gasteiger partial charge is 0.387 e. The molecule has 0 unspecified atom stereocenters. The molecule has 3 rings (SSSR count). The Balaban J connectivity index is 1.87. The van der Waals surface area contributed by atoms with E-state index in [0.717, 1.165) is 38.8 Å². The Morgan fingerprint density at radius 2 is 1.84 bits per heavy atom. The second-order valence-electron chi connectivity index (χ2n) is 7.54. The SMILES string of the molecule is CCCCN(CCCC)c1ncnc2c1ncn2[C@@H]1O[C@H](COS(N)(=O)=O)[C@@H](O)[C@H]1O. The molecule has 0 radical (unpaired) electrons. The molecule has 0 aromatic carbocycles. The highest BCUT2D eigenvalue weighted by Crippen LogP contribution is 2.33. The van der Waals surface area contributed by atoms with Gasteiger partial charge in [0.25, 0.3) is 0 Å². The van der Waals surface area contributed by atoms with Gasteiger partial charge in [-0.2, -0.15) is 8.42 Å². The minimum atomic E-state index is -4.21. The van der Waals surface area contributed by atoms with Crippen molar-refractivity contribution in [2.45, 2.75) is 64.1 Å².